The number of carbonyl (C=O) groups excluding carboxylic acids is 2. The van der Waals surface area contributed by atoms with Crippen LogP contribution in [-0.4, -0.2) is 59.7 Å². The van der Waals surface area contributed by atoms with E-state index in [9.17, 15) is 14.4 Å². The average molecular weight is 407 g/mol. The molecule has 0 N–H and O–H groups in total. The Morgan fingerprint density at radius 1 is 1.18 bits per heavy atom. The molecule has 1 amide bonds. The smallest absolute Gasteiger partial charge is 0.348 e. The van der Waals surface area contributed by atoms with E-state index in [1.54, 1.807) is 6.92 Å². The summed E-state index contributed by atoms with van der Waals surface area (Å²) in [6.45, 7) is 3.58. The van der Waals surface area contributed by atoms with E-state index >= 15 is 0 Å². The van der Waals surface area contributed by atoms with Crippen LogP contribution >= 0.6 is 11.3 Å². The minimum Gasteiger partial charge on any atom is -0.459 e. The van der Waals surface area contributed by atoms with Crippen LogP contribution in [0.4, 0.5) is 0 Å². The Kier molecular flexibility index (Phi) is 6.79. The van der Waals surface area contributed by atoms with Crippen LogP contribution in [0.5, 0.6) is 0 Å². The number of rotatable bonds is 6. The number of likely N-dealkylation sites (tertiary alicyclic amines) is 1. The number of nitrogens with zero attached hydrogens (tertiary/aromatic N) is 3. The van der Waals surface area contributed by atoms with Gasteiger partial charge < -0.3 is 14.4 Å². The third-order valence-corrected chi connectivity index (χ3v) is 6.07. The molecule has 1 fully saturated rings. The van der Waals surface area contributed by atoms with E-state index in [1.165, 1.54) is 18.0 Å². The molecule has 0 aliphatic carbocycles. The van der Waals surface area contributed by atoms with Gasteiger partial charge in [0, 0.05) is 20.2 Å². The standard InChI is InChI=1S/C19H25N3O5S/c1-13-15-17(28-16(13)19(25)27-10-9-26-2)20-12-22(18(15)24)11-14(23)21-7-5-3-4-6-8-21/h12H,3-11H2,1-2H3. The summed E-state index contributed by atoms with van der Waals surface area (Å²) < 4.78 is 11.4. The zero-order valence-corrected chi connectivity index (χ0v) is 17.0. The lowest BCUT2D eigenvalue weighted by molar-refractivity contribution is -0.131. The van der Waals surface area contributed by atoms with Crippen LogP contribution in [-0.2, 0) is 20.8 Å². The molecule has 0 unspecified atom stereocenters. The monoisotopic (exact) mass is 407 g/mol. The molecule has 28 heavy (non-hydrogen) atoms. The van der Waals surface area contributed by atoms with Gasteiger partial charge in [0.2, 0.25) is 5.91 Å². The summed E-state index contributed by atoms with van der Waals surface area (Å²) in [6, 6.07) is 0. The number of hydrogen-bond acceptors (Lipinski definition) is 7. The van der Waals surface area contributed by atoms with Gasteiger partial charge >= 0.3 is 5.97 Å². The summed E-state index contributed by atoms with van der Waals surface area (Å²) in [7, 11) is 1.53. The first kappa shape index (κ1) is 20.5. The molecule has 9 heteroatoms. The minimum atomic E-state index is -0.496. The van der Waals surface area contributed by atoms with Crippen LogP contribution < -0.4 is 5.56 Å². The predicted molar refractivity (Wildman–Crippen MR) is 106 cm³/mol. The number of methoxy groups -OCH3 is 1. The fourth-order valence-electron chi connectivity index (χ4n) is 3.32. The van der Waals surface area contributed by atoms with E-state index < -0.39 is 5.97 Å². The molecule has 0 radical (unpaired) electrons. The quantitative estimate of drug-likeness (QED) is 0.537. The molecule has 2 aromatic rings. The number of aromatic nitrogens is 2. The van der Waals surface area contributed by atoms with Gasteiger partial charge in [-0.3, -0.25) is 14.2 Å². The van der Waals surface area contributed by atoms with Crippen molar-refractivity contribution in [2.75, 3.05) is 33.4 Å². The maximum absolute atomic E-state index is 12.9. The van der Waals surface area contributed by atoms with Crippen LogP contribution in [0, 0.1) is 6.92 Å². The van der Waals surface area contributed by atoms with Gasteiger partial charge in [0.1, 0.15) is 22.9 Å². The average Bonchev–Trinajstić information content (AvgIpc) is 2.86. The molecule has 0 bridgehead atoms. The third kappa shape index (κ3) is 4.41. The van der Waals surface area contributed by atoms with Gasteiger partial charge in [0.15, 0.2) is 0 Å². The summed E-state index contributed by atoms with van der Waals surface area (Å²) in [5.41, 5.74) is 0.231. The van der Waals surface area contributed by atoms with Crippen molar-refractivity contribution in [3.8, 4) is 0 Å². The number of fused-ring (bicyclic) bond motifs is 1. The normalized spacial score (nSPS) is 14.9. The third-order valence-electron chi connectivity index (χ3n) is 4.89. The van der Waals surface area contributed by atoms with Gasteiger partial charge in [0.05, 0.1) is 18.3 Å². The number of thiophene rings is 1. The highest BCUT2D eigenvalue weighted by Crippen LogP contribution is 2.27. The highest BCUT2D eigenvalue weighted by molar-refractivity contribution is 7.20. The van der Waals surface area contributed by atoms with Crippen LogP contribution in [0.2, 0.25) is 0 Å². The fraction of sp³-hybridized carbons (Fsp3) is 0.579. The molecular formula is C19H25N3O5S. The lowest BCUT2D eigenvalue weighted by Gasteiger charge is -2.20. The summed E-state index contributed by atoms with van der Waals surface area (Å²) in [5, 5.41) is 0.370. The molecule has 152 valence electrons. The van der Waals surface area contributed by atoms with Gasteiger partial charge in [0.25, 0.3) is 5.56 Å². The van der Waals surface area contributed by atoms with Crippen LogP contribution in [0.25, 0.3) is 10.2 Å². The Morgan fingerprint density at radius 3 is 2.57 bits per heavy atom. The van der Waals surface area contributed by atoms with Crippen molar-refractivity contribution < 1.29 is 19.1 Å². The predicted octanol–water partition coefficient (Wildman–Crippen LogP) is 1.97. The van der Waals surface area contributed by atoms with Crippen molar-refractivity contribution in [2.24, 2.45) is 0 Å². The number of amides is 1. The molecule has 1 saturated heterocycles. The van der Waals surface area contributed by atoms with E-state index in [1.807, 2.05) is 4.90 Å². The Morgan fingerprint density at radius 2 is 1.89 bits per heavy atom. The van der Waals surface area contributed by atoms with E-state index in [0.717, 1.165) is 50.1 Å². The molecular weight excluding hydrogens is 382 g/mol. The molecule has 1 aliphatic heterocycles. The first-order valence-corrected chi connectivity index (χ1v) is 10.3. The lowest BCUT2D eigenvalue weighted by Crippen LogP contribution is -2.37. The lowest BCUT2D eigenvalue weighted by atomic mass is 10.2. The molecule has 0 atom stereocenters. The summed E-state index contributed by atoms with van der Waals surface area (Å²) in [5.74, 6) is -0.568. The van der Waals surface area contributed by atoms with Gasteiger partial charge in [-0.2, -0.15) is 0 Å². The molecule has 0 aromatic carbocycles. The largest absolute Gasteiger partial charge is 0.459 e. The molecule has 3 heterocycles. The number of aryl methyl sites for hydroxylation is 1. The van der Waals surface area contributed by atoms with Crippen LogP contribution in [0.1, 0.15) is 40.9 Å². The molecule has 8 nitrogen and oxygen atoms in total. The second kappa shape index (κ2) is 9.29. The Labute approximate surface area is 167 Å². The summed E-state index contributed by atoms with van der Waals surface area (Å²) >= 11 is 1.13. The van der Waals surface area contributed by atoms with Crippen molar-refractivity contribution in [1.29, 1.82) is 0 Å². The second-order valence-corrected chi connectivity index (χ2v) is 7.84. The van der Waals surface area contributed by atoms with Gasteiger partial charge in [-0.15, -0.1) is 11.3 Å². The maximum atomic E-state index is 12.9. The highest BCUT2D eigenvalue weighted by atomic mass is 32.1. The maximum Gasteiger partial charge on any atom is 0.348 e. The van der Waals surface area contributed by atoms with Crippen molar-refractivity contribution >= 4 is 33.4 Å². The first-order chi connectivity index (χ1) is 13.5. The number of hydrogen-bond donors (Lipinski definition) is 0. The topological polar surface area (TPSA) is 90.7 Å². The number of esters is 1. The molecule has 0 spiro atoms. The number of carbonyl (C=O) groups is 2. The summed E-state index contributed by atoms with van der Waals surface area (Å²) in [4.78, 5) is 44.7. The van der Waals surface area contributed by atoms with E-state index in [-0.39, 0.29) is 24.6 Å². The Bertz CT molecular complexity index is 912. The van der Waals surface area contributed by atoms with Crippen molar-refractivity contribution in [2.45, 2.75) is 39.2 Å². The van der Waals surface area contributed by atoms with E-state index in [0.29, 0.717) is 27.3 Å². The molecule has 1 aliphatic rings. The molecule has 2 aromatic heterocycles. The van der Waals surface area contributed by atoms with Gasteiger partial charge in [-0.1, -0.05) is 12.8 Å². The van der Waals surface area contributed by atoms with Crippen molar-refractivity contribution in [1.82, 2.24) is 14.5 Å². The molecule has 0 saturated carbocycles. The Hall–Kier alpha value is -2.26. The van der Waals surface area contributed by atoms with Crippen molar-refractivity contribution in [3.05, 3.63) is 27.1 Å². The van der Waals surface area contributed by atoms with Gasteiger partial charge in [-0.25, -0.2) is 9.78 Å². The van der Waals surface area contributed by atoms with E-state index in [4.69, 9.17) is 9.47 Å². The summed E-state index contributed by atoms with van der Waals surface area (Å²) in [6.07, 6.45) is 5.64. The fourth-order valence-corrected chi connectivity index (χ4v) is 4.35. The SMILES string of the molecule is COCCOC(=O)c1sc2ncn(CC(=O)N3CCCCCC3)c(=O)c2c1C. The molecule has 3 rings (SSSR count). The zero-order chi connectivity index (χ0) is 20.1. The van der Waals surface area contributed by atoms with Crippen molar-refractivity contribution in [3.63, 3.8) is 0 Å². The van der Waals surface area contributed by atoms with Crippen LogP contribution in [0.15, 0.2) is 11.1 Å². The number of ether oxygens (including phenoxy) is 2. The zero-order valence-electron chi connectivity index (χ0n) is 16.2. The second-order valence-electron chi connectivity index (χ2n) is 6.84. The van der Waals surface area contributed by atoms with Crippen LogP contribution in [0.3, 0.4) is 0 Å². The highest BCUT2D eigenvalue weighted by Gasteiger charge is 2.22. The van der Waals surface area contributed by atoms with E-state index in [2.05, 4.69) is 4.98 Å². The Balaban J connectivity index is 1.82. The minimum absolute atomic E-state index is 0.0370. The van der Waals surface area contributed by atoms with Gasteiger partial charge in [-0.05, 0) is 25.3 Å². The first-order valence-electron chi connectivity index (χ1n) is 9.45.